The third-order valence-corrected chi connectivity index (χ3v) is 4.15. The second kappa shape index (κ2) is 6.27. The number of piperidine rings is 1. The van der Waals surface area contributed by atoms with E-state index in [2.05, 4.69) is 9.97 Å². The molecule has 7 heteroatoms. The number of nitro groups is 1. The van der Waals surface area contributed by atoms with Crippen LogP contribution < -0.4 is 4.90 Å². The van der Waals surface area contributed by atoms with E-state index in [9.17, 15) is 10.1 Å². The molecule has 6 nitrogen and oxygen atoms in total. The fraction of sp³-hybridized carbons (Fsp3) is 0.333. The summed E-state index contributed by atoms with van der Waals surface area (Å²) in [6, 6.07) is 6.73. The summed E-state index contributed by atoms with van der Waals surface area (Å²) in [5, 5.41) is 11.6. The highest BCUT2D eigenvalue weighted by molar-refractivity contribution is 6.30. The molecule has 1 aromatic carbocycles. The molecule has 0 amide bonds. The molecule has 1 saturated heterocycles. The van der Waals surface area contributed by atoms with Crippen LogP contribution in [0.5, 0.6) is 0 Å². The monoisotopic (exact) mass is 318 g/mol. The number of nitro benzene ring substituents is 1. The van der Waals surface area contributed by atoms with Gasteiger partial charge in [-0.2, -0.15) is 0 Å². The van der Waals surface area contributed by atoms with E-state index in [0.717, 1.165) is 25.1 Å². The van der Waals surface area contributed by atoms with E-state index in [1.165, 1.54) is 6.07 Å². The first-order valence-corrected chi connectivity index (χ1v) is 7.48. The molecule has 1 fully saturated rings. The predicted molar refractivity (Wildman–Crippen MR) is 84.3 cm³/mol. The fourth-order valence-electron chi connectivity index (χ4n) is 2.89. The van der Waals surface area contributed by atoms with Crippen LogP contribution >= 0.6 is 11.6 Å². The van der Waals surface area contributed by atoms with Gasteiger partial charge in [0.1, 0.15) is 12.0 Å². The number of hydrogen-bond acceptors (Lipinski definition) is 5. The van der Waals surface area contributed by atoms with E-state index in [4.69, 9.17) is 11.6 Å². The lowest BCUT2D eigenvalue weighted by molar-refractivity contribution is -0.384. The quantitative estimate of drug-likeness (QED) is 0.640. The number of aromatic nitrogens is 2. The van der Waals surface area contributed by atoms with E-state index >= 15 is 0 Å². The predicted octanol–water partition coefficient (Wildman–Crippen LogP) is 3.42. The van der Waals surface area contributed by atoms with Crippen molar-refractivity contribution in [2.24, 2.45) is 0 Å². The van der Waals surface area contributed by atoms with Crippen LogP contribution in [-0.2, 0) is 0 Å². The number of hydrogen-bond donors (Lipinski definition) is 0. The molecule has 0 bridgehead atoms. The molecule has 0 aliphatic carbocycles. The van der Waals surface area contributed by atoms with Gasteiger partial charge in [-0.1, -0.05) is 11.6 Å². The third kappa shape index (κ3) is 3.01. The van der Waals surface area contributed by atoms with Crippen molar-refractivity contribution in [1.82, 2.24) is 9.97 Å². The minimum atomic E-state index is -0.379. The summed E-state index contributed by atoms with van der Waals surface area (Å²) < 4.78 is 0. The van der Waals surface area contributed by atoms with E-state index in [1.807, 2.05) is 11.0 Å². The van der Waals surface area contributed by atoms with Gasteiger partial charge < -0.3 is 4.90 Å². The molecule has 3 rings (SSSR count). The van der Waals surface area contributed by atoms with E-state index in [1.54, 1.807) is 24.7 Å². The third-order valence-electron chi connectivity index (χ3n) is 3.92. The minimum Gasteiger partial charge on any atom is -0.365 e. The molecule has 1 atom stereocenters. The number of nitrogens with zero attached hydrogens (tertiary/aromatic N) is 4. The zero-order valence-electron chi connectivity index (χ0n) is 11.9. The zero-order chi connectivity index (χ0) is 15.5. The molecule has 0 saturated carbocycles. The summed E-state index contributed by atoms with van der Waals surface area (Å²) in [5.41, 5.74) is 1.65. The van der Waals surface area contributed by atoms with Gasteiger partial charge in [-0.3, -0.25) is 10.1 Å². The highest BCUT2D eigenvalue weighted by Crippen LogP contribution is 2.35. The highest BCUT2D eigenvalue weighted by atomic mass is 35.5. The van der Waals surface area contributed by atoms with Crippen LogP contribution in [0.15, 0.2) is 36.8 Å². The maximum Gasteiger partial charge on any atom is 0.294 e. The lowest BCUT2D eigenvalue weighted by atomic mass is 9.94. The van der Waals surface area contributed by atoms with Crippen molar-refractivity contribution in [2.45, 2.75) is 18.8 Å². The van der Waals surface area contributed by atoms with Crippen molar-refractivity contribution < 1.29 is 4.92 Å². The van der Waals surface area contributed by atoms with Crippen LogP contribution in [0.1, 0.15) is 24.5 Å². The normalized spacial score (nSPS) is 18.2. The molecular formula is C15H15ClN4O2. The van der Waals surface area contributed by atoms with Gasteiger partial charge in [-0.25, -0.2) is 9.97 Å². The Morgan fingerprint density at radius 3 is 2.95 bits per heavy atom. The molecule has 0 N–H and O–H groups in total. The smallest absolute Gasteiger partial charge is 0.294 e. The van der Waals surface area contributed by atoms with E-state index in [-0.39, 0.29) is 16.5 Å². The van der Waals surface area contributed by atoms with Gasteiger partial charge in [0.25, 0.3) is 5.69 Å². The largest absolute Gasteiger partial charge is 0.365 e. The molecular weight excluding hydrogens is 304 g/mol. The molecule has 1 aliphatic rings. The molecule has 0 spiro atoms. The Kier molecular flexibility index (Phi) is 4.20. The minimum absolute atomic E-state index is 0.0517. The number of benzene rings is 1. The van der Waals surface area contributed by atoms with Gasteiger partial charge in [0, 0.05) is 42.0 Å². The molecule has 1 aromatic heterocycles. The van der Waals surface area contributed by atoms with Crippen LogP contribution in [0.3, 0.4) is 0 Å². The maximum absolute atomic E-state index is 11.3. The fourth-order valence-corrected chi connectivity index (χ4v) is 3.06. The Bertz CT molecular complexity index is 680. The van der Waals surface area contributed by atoms with Gasteiger partial charge in [-0.15, -0.1) is 0 Å². The second-order valence-electron chi connectivity index (χ2n) is 5.31. The molecule has 114 valence electrons. The van der Waals surface area contributed by atoms with Crippen molar-refractivity contribution in [3.05, 3.63) is 57.6 Å². The van der Waals surface area contributed by atoms with Crippen molar-refractivity contribution in [3.63, 3.8) is 0 Å². The van der Waals surface area contributed by atoms with Crippen molar-refractivity contribution in [3.8, 4) is 0 Å². The second-order valence-corrected chi connectivity index (χ2v) is 5.75. The average molecular weight is 319 g/mol. The Hall–Kier alpha value is -2.21. The lowest BCUT2D eigenvalue weighted by Gasteiger charge is -2.33. The van der Waals surface area contributed by atoms with Gasteiger partial charge in [0.15, 0.2) is 0 Å². The van der Waals surface area contributed by atoms with Crippen LogP contribution in [0, 0.1) is 10.1 Å². The summed E-state index contributed by atoms with van der Waals surface area (Å²) in [7, 11) is 0. The average Bonchev–Trinajstić information content (AvgIpc) is 2.55. The van der Waals surface area contributed by atoms with Crippen LogP contribution in [-0.4, -0.2) is 28.0 Å². The Balaban J connectivity index is 1.88. The number of anilines is 1. The van der Waals surface area contributed by atoms with Gasteiger partial charge >= 0.3 is 0 Å². The van der Waals surface area contributed by atoms with Gasteiger partial charge in [0.2, 0.25) is 0 Å². The SMILES string of the molecule is O=[N+]([O-])c1cc(Cl)ccc1N1CCC[C@@H](c2ccncn2)C1. The van der Waals surface area contributed by atoms with Crippen LogP contribution in [0.25, 0.3) is 0 Å². The summed E-state index contributed by atoms with van der Waals surface area (Å²) in [5.74, 6) is 0.257. The highest BCUT2D eigenvalue weighted by Gasteiger charge is 2.27. The zero-order valence-corrected chi connectivity index (χ0v) is 12.6. The topological polar surface area (TPSA) is 72.2 Å². The molecule has 0 unspecified atom stereocenters. The Morgan fingerprint density at radius 2 is 2.23 bits per heavy atom. The van der Waals surface area contributed by atoms with E-state index in [0.29, 0.717) is 17.3 Å². The Labute approximate surface area is 132 Å². The molecule has 2 aromatic rings. The maximum atomic E-state index is 11.3. The van der Waals surface area contributed by atoms with Crippen LogP contribution in [0.4, 0.5) is 11.4 Å². The van der Waals surface area contributed by atoms with Crippen molar-refractivity contribution in [2.75, 3.05) is 18.0 Å². The van der Waals surface area contributed by atoms with Crippen LogP contribution in [0.2, 0.25) is 5.02 Å². The standard InChI is InChI=1S/C15H15ClN4O2/c16-12-3-4-14(15(8-12)20(21)22)19-7-1-2-11(9-19)13-5-6-17-10-18-13/h3-6,8,10-11H,1-2,7,9H2/t11-/m1/s1. The lowest BCUT2D eigenvalue weighted by Crippen LogP contribution is -2.35. The Morgan fingerprint density at radius 1 is 1.36 bits per heavy atom. The van der Waals surface area contributed by atoms with Gasteiger partial charge in [-0.05, 0) is 31.0 Å². The molecule has 22 heavy (non-hydrogen) atoms. The molecule has 0 radical (unpaired) electrons. The van der Waals surface area contributed by atoms with Crippen molar-refractivity contribution in [1.29, 1.82) is 0 Å². The number of rotatable bonds is 3. The first-order chi connectivity index (χ1) is 10.6. The van der Waals surface area contributed by atoms with E-state index < -0.39 is 0 Å². The summed E-state index contributed by atoms with van der Waals surface area (Å²) >= 11 is 5.88. The summed E-state index contributed by atoms with van der Waals surface area (Å²) in [6.45, 7) is 1.50. The van der Waals surface area contributed by atoms with Gasteiger partial charge in [0.05, 0.1) is 4.92 Å². The molecule has 2 heterocycles. The molecule has 1 aliphatic heterocycles. The van der Waals surface area contributed by atoms with Crippen molar-refractivity contribution >= 4 is 23.0 Å². The summed E-state index contributed by atoms with van der Waals surface area (Å²) in [4.78, 5) is 21.2. The number of halogens is 1. The summed E-state index contributed by atoms with van der Waals surface area (Å²) in [6.07, 6.45) is 5.26. The first-order valence-electron chi connectivity index (χ1n) is 7.10. The first kappa shape index (κ1) is 14.7.